The van der Waals surface area contributed by atoms with Crippen molar-refractivity contribution in [3.05, 3.63) is 24.2 Å². The molecule has 0 aliphatic carbocycles. The molecule has 1 aliphatic heterocycles. The molecule has 1 aliphatic rings. The predicted octanol–water partition coefficient (Wildman–Crippen LogP) is 2.73. The third kappa shape index (κ3) is 6.25. The number of hydrogen-bond donors (Lipinski definition) is 2. The van der Waals surface area contributed by atoms with Crippen LogP contribution in [0.25, 0.3) is 0 Å². The highest BCUT2D eigenvalue weighted by atomic mass is 32.2. The van der Waals surface area contributed by atoms with Gasteiger partial charge < -0.3 is 14.6 Å². The van der Waals surface area contributed by atoms with Crippen molar-refractivity contribution in [1.29, 1.82) is 0 Å². The van der Waals surface area contributed by atoms with Gasteiger partial charge in [-0.2, -0.15) is 0 Å². The van der Waals surface area contributed by atoms with Gasteiger partial charge in [-0.1, -0.05) is 32.5 Å². The molecule has 0 saturated carbocycles. The zero-order valence-corrected chi connectivity index (χ0v) is 18.6. The van der Waals surface area contributed by atoms with Crippen LogP contribution in [0.1, 0.15) is 39.4 Å². The first kappa shape index (κ1) is 22.2. The minimum absolute atomic E-state index is 0.0718. The van der Waals surface area contributed by atoms with E-state index in [-0.39, 0.29) is 11.7 Å². The molecule has 0 unspecified atom stereocenters. The predicted molar refractivity (Wildman–Crippen MR) is 116 cm³/mol. The van der Waals surface area contributed by atoms with Gasteiger partial charge in [0.2, 0.25) is 11.9 Å². The molecule has 0 radical (unpaired) electrons. The first-order valence-electron chi connectivity index (χ1n) is 10.3. The Morgan fingerprint density at radius 2 is 2.07 bits per heavy atom. The van der Waals surface area contributed by atoms with Crippen molar-refractivity contribution in [2.24, 2.45) is 11.8 Å². The van der Waals surface area contributed by atoms with Crippen LogP contribution in [-0.2, 0) is 11.3 Å². The molecule has 9 nitrogen and oxygen atoms in total. The summed E-state index contributed by atoms with van der Waals surface area (Å²) in [6.45, 7) is 9.11. The normalized spacial score (nSPS) is 14.9. The van der Waals surface area contributed by atoms with Crippen molar-refractivity contribution in [1.82, 2.24) is 25.4 Å². The summed E-state index contributed by atoms with van der Waals surface area (Å²) in [5, 5.41) is 14.4. The molecular formula is C20H30N6O3S. The molecule has 0 atom stereocenters. The Morgan fingerprint density at radius 1 is 1.30 bits per heavy atom. The van der Waals surface area contributed by atoms with Gasteiger partial charge >= 0.3 is 6.03 Å². The number of nitrogens with one attached hydrogen (secondary N) is 2. The number of furan rings is 1. The Kier molecular flexibility index (Phi) is 7.78. The van der Waals surface area contributed by atoms with Crippen molar-refractivity contribution in [2.75, 3.05) is 30.3 Å². The van der Waals surface area contributed by atoms with E-state index in [1.54, 1.807) is 6.26 Å². The molecule has 2 aromatic rings. The summed E-state index contributed by atoms with van der Waals surface area (Å²) in [5.74, 6) is 2.31. The van der Waals surface area contributed by atoms with Gasteiger partial charge in [-0.3, -0.25) is 14.7 Å². The first-order chi connectivity index (χ1) is 14.4. The summed E-state index contributed by atoms with van der Waals surface area (Å²) in [5.41, 5.74) is 0. The summed E-state index contributed by atoms with van der Waals surface area (Å²) in [6, 6.07) is 3.27. The number of aromatic nitrogens is 3. The van der Waals surface area contributed by atoms with E-state index in [0.29, 0.717) is 30.1 Å². The second-order valence-corrected chi connectivity index (χ2v) is 9.00. The number of thioether (sulfide) groups is 1. The molecule has 3 heterocycles. The molecule has 1 saturated heterocycles. The SMILES string of the molecule is CC(C)CNC(=O)NC(=O)CSc1nnc(N2CCC(C)CC2)n1Cc1ccco1. The van der Waals surface area contributed by atoms with Crippen LogP contribution >= 0.6 is 11.8 Å². The topological polar surface area (TPSA) is 105 Å². The molecule has 3 amide bonds. The molecule has 2 aromatic heterocycles. The van der Waals surface area contributed by atoms with Crippen LogP contribution in [0, 0.1) is 11.8 Å². The molecular weight excluding hydrogens is 404 g/mol. The number of amides is 3. The summed E-state index contributed by atoms with van der Waals surface area (Å²) in [4.78, 5) is 26.2. The van der Waals surface area contributed by atoms with E-state index in [4.69, 9.17) is 4.42 Å². The van der Waals surface area contributed by atoms with Gasteiger partial charge in [0.05, 0.1) is 18.6 Å². The van der Waals surface area contributed by atoms with Gasteiger partial charge in [-0.25, -0.2) is 4.79 Å². The number of carbonyl (C=O) groups is 2. The van der Waals surface area contributed by atoms with E-state index in [2.05, 4.69) is 32.7 Å². The number of anilines is 1. The van der Waals surface area contributed by atoms with Gasteiger partial charge in [-0.05, 0) is 36.8 Å². The molecule has 3 rings (SSSR count). The van der Waals surface area contributed by atoms with Crippen molar-refractivity contribution >= 4 is 29.6 Å². The van der Waals surface area contributed by atoms with E-state index in [1.165, 1.54) is 11.8 Å². The summed E-state index contributed by atoms with van der Waals surface area (Å²) < 4.78 is 7.49. The molecule has 1 fully saturated rings. The van der Waals surface area contributed by atoms with Crippen LogP contribution in [0.15, 0.2) is 28.0 Å². The van der Waals surface area contributed by atoms with Crippen molar-refractivity contribution in [3.8, 4) is 0 Å². The van der Waals surface area contributed by atoms with Gasteiger partial charge in [-0.15, -0.1) is 10.2 Å². The highest BCUT2D eigenvalue weighted by molar-refractivity contribution is 7.99. The third-order valence-electron chi connectivity index (χ3n) is 4.91. The Balaban J connectivity index is 1.65. The lowest BCUT2D eigenvalue weighted by molar-refractivity contribution is -0.117. The zero-order chi connectivity index (χ0) is 21.5. The highest BCUT2D eigenvalue weighted by Gasteiger charge is 2.24. The molecule has 0 spiro atoms. The first-order valence-corrected chi connectivity index (χ1v) is 11.3. The number of urea groups is 1. The van der Waals surface area contributed by atoms with Crippen LogP contribution in [0.4, 0.5) is 10.7 Å². The smallest absolute Gasteiger partial charge is 0.321 e. The monoisotopic (exact) mass is 434 g/mol. The van der Waals surface area contributed by atoms with E-state index in [9.17, 15) is 9.59 Å². The lowest BCUT2D eigenvalue weighted by Crippen LogP contribution is -2.41. The van der Waals surface area contributed by atoms with E-state index in [1.807, 2.05) is 30.5 Å². The maximum absolute atomic E-state index is 12.2. The maximum atomic E-state index is 12.2. The second kappa shape index (κ2) is 10.5. The Hall–Kier alpha value is -2.49. The lowest BCUT2D eigenvalue weighted by atomic mass is 10.00. The van der Waals surface area contributed by atoms with Crippen molar-refractivity contribution in [3.63, 3.8) is 0 Å². The van der Waals surface area contributed by atoms with Crippen LogP contribution in [0.2, 0.25) is 0 Å². The molecule has 0 aromatic carbocycles. The standard InChI is InChI=1S/C20H30N6O3S/c1-14(2)11-21-18(28)22-17(27)13-30-20-24-23-19(25-8-6-15(3)7-9-25)26(20)12-16-5-4-10-29-16/h4-5,10,14-15H,6-9,11-13H2,1-3H3,(H2,21,22,27,28). The van der Waals surface area contributed by atoms with E-state index >= 15 is 0 Å². The Labute approximate surface area is 181 Å². The quantitative estimate of drug-likeness (QED) is 0.616. The van der Waals surface area contributed by atoms with Crippen LogP contribution in [-0.4, -0.2) is 52.1 Å². The van der Waals surface area contributed by atoms with Gasteiger partial charge in [0.15, 0.2) is 5.16 Å². The molecule has 10 heteroatoms. The molecule has 30 heavy (non-hydrogen) atoms. The number of piperidine rings is 1. The summed E-state index contributed by atoms with van der Waals surface area (Å²) in [7, 11) is 0. The van der Waals surface area contributed by atoms with Gasteiger partial charge in [0.1, 0.15) is 5.76 Å². The number of imide groups is 1. The van der Waals surface area contributed by atoms with Gasteiger partial charge in [0, 0.05) is 19.6 Å². The summed E-state index contributed by atoms with van der Waals surface area (Å²) in [6.07, 6.45) is 3.87. The maximum Gasteiger partial charge on any atom is 0.321 e. The molecule has 164 valence electrons. The van der Waals surface area contributed by atoms with Crippen LogP contribution < -0.4 is 15.5 Å². The summed E-state index contributed by atoms with van der Waals surface area (Å²) >= 11 is 1.26. The fourth-order valence-corrected chi connectivity index (χ4v) is 3.89. The average molecular weight is 435 g/mol. The van der Waals surface area contributed by atoms with E-state index in [0.717, 1.165) is 37.6 Å². The zero-order valence-electron chi connectivity index (χ0n) is 17.8. The third-order valence-corrected chi connectivity index (χ3v) is 5.88. The highest BCUT2D eigenvalue weighted by Crippen LogP contribution is 2.27. The number of rotatable bonds is 8. The number of carbonyl (C=O) groups excluding carboxylic acids is 2. The molecule has 2 N–H and O–H groups in total. The molecule has 0 bridgehead atoms. The minimum Gasteiger partial charge on any atom is -0.467 e. The van der Waals surface area contributed by atoms with Crippen molar-refractivity contribution in [2.45, 2.75) is 45.3 Å². The van der Waals surface area contributed by atoms with E-state index < -0.39 is 6.03 Å². The largest absolute Gasteiger partial charge is 0.467 e. The Bertz CT molecular complexity index is 828. The number of nitrogens with zero attached hydrogens (tertiary/aromatic N) is 4. The fraction of sp³-hybridized carbons (Fsp3) is 0.600. The second-order valence-electron chi connectivity index (χ2n) is 8.06. The van der Waals surface area contributed by atoms with Gasteiger partial charge in [0.25, 0.3) is 0 Å². The average Bonchev–Trinajstić information content (AvgIpc) is 3.36. The lowest BCUT2D eigenvalue weighted by Gasteiger charge is -2.31. The van der Waals surface area contributed by atoms with Crippen molar-refractivity contribution < 1.29 is 14.0 Å². The van der Waals surface area contributed by atoms with Crippen LogP contribution in [0.3, 0.4) is 0 Å². The minimum atomic E-state index is -0.477. The van der Waals surface area contributed by atoms with Crippen LogP contribution in [0.5, 0.6) is 0 Å². The number of hydrogen-bond acceptors (Lipinski definition) is 7. The fourth-order valence-electron chi connectivity index (χ4n) is 3.16. The Morgan fingerprint density at radius 3 is 2.73 bits per heavy atom.